The third-order valence-electron chi connectivity index (χ3n) is 5.22. The average molecular weight is 490 g/mol. The average Bonchev–Trinajstić information content (AvgIpc) is 3.31. The molecule has 12 heteroatoms. The molecule has 0 radical (unpaired) electrons. The Morgan fingerprint density at radius 3 is 2.61 bits per heavy atom. The summed E-state index contributed by atoms with van der Waals surface area (Å²) in [7, 11) is -3.73. The summed E-state index contributed by atoms with van der Waals surface area (Å²) in [5.74, 6) is -2.40. The number of sulfonamides is 1. The van der Waals surface area contributed by atoms with E-state index in [1.165, 1.54) is 22.5 Å². The highest BCUT2D eigenvalue weighted by molar-refractivity contribution is 7.89. The summed E-state index contributed by atoms with van der Waals surface area (Å²) < 4.78 is 53.9. The number of carbonyl (C=O) groups is 1. The predicted molar refractivity (Wildman–Crippen MR) is 116 cm³/mol. The molecule has 8 nitrogen and oxygen atoms in total. The molecule has 33 heavy (non-hydrogen) atoms. The molecule has 0 unspecified atom stereocenters. The van der Waals surface area contributed by atoms with Crippen molar-refractivity contribution < 1.29 is 22.0 Å². The Kier molecular flexibility index (Phi) is 6.46. The second-order valence-corrected chi connectivity index (χ2v) is 10.3. The van der Waals surface area contributed by atoms with Crippen molar-refractivity contribution in [1.29, 1.82) is 5.26 Å². The van der Waals surface area contributed by atoms with Gasteiger partial charge in [0.1, 0.15) is 16.6 Å². The van der Waals surface area contributed by atoms with Crippen LogP contribution in [0.1, 0.15) is 39.1 Å². The molecule has 0 saturated carbocycles. The lowest BCUT2D eigenvalue weighted by Gasteiger charge is -2.30. The van der Waals surface area contributed by atoms with Gasteiger partial charge in [-0.1, -0.05) is 17.4 Å². The fraction of sp³-hybridized carbons (Fsp3) is 0.238. The summed E-state index contributed by atoms with van der Waals surface area (Å²) in [4.78, 5) is 12.4. The third-order valence-corrected chi connectivity index (χ3v) is 8.20. The molecular weight excluding hydrogens is 472 g/mol. The van der Waals surface area contributed by atoms with Gasteiger partial charge in [0.25, 0.3) is 5.91 Å². The summed E-state index contributed by atoms with van der Waals surface area (Å²) in [5, 5.41) is 19.9. The number of aromatic nitrogens is 2. The standard InChI is InChI=1S/C21H17F2N5O3S2/c22-15-4-5-18(17(23)11-15)25-19(29)21-27-26-20(32-21)14-6-8-28(9-7-14)33(30,31)16-3-1-2-13(10-16)12-24/h1-5,10-11,14H,6-9H2,(H,25,29). The quantitative estimate of drug-likeness (QED) is 0.586. The minimum atomic E-state index is -3.73. The molecule has 0 bridgehead atoms. The number of nitrogens with one attached hydrogen (secondary N) is 1. The first kappa shape index (κ1) is 22.9. The van der Waals surface area contributed by atoms with Gasteiger partial charge in [0.2, 0.25) is 15.0 Å². The normalized spacial score (nSPS) is 15.2. The smallest absolute Gasteiger partial charge is 0.286 e. The molecule has 2 heterocycles. The van der Waals surface area contributed by atoms with Gasteiger partial charge in [-0.3, -0.25) is 4.79 Å². The van der Waals surface area contributed by atoms with Crippen LogP contribution in [0.5, 0.6) is 0 Å². The van der Waals surface area contributed by atoms with Crippen LogP contribution in [-0.2, 0) is 10.0 Å². The lowest BCUT2D eigenvalue weighted by Crippen LogP contribution is -2.37. The first-order chi connectivity index (χ1) is 15.8. The van der Waals surface area contributed by atoms with E-state index in [9.17, 15) is 22.0 Å². The molecule has 1 fully saturated rings. The molecular formula is C21H17F2N5O3S2. The van der Waals surface area contributed by atoms with Gasteiger partial charge in [0, 0.05) is 25.1 Å². The summed E-state index contributed by atoms with van der Waals surface area (Å²) in [6.07, 6.45) is 0.972. The molecule has 1 aromatic heterocycles. The Balaban J connectivity index is 1.40. The summed E-state index contributed by atoms with van der Waals surface area (Å²) in [6.45, 7) is 0.511. The molecule has 0 spiro atoms. The van der Waals surface area contributed by atoms with Gasteiger partial charge in [-0.25, -0.2) is 17.2 Å². The third kappa shape index (κ3) is 4.90. The number of hydrogen-bond donors (Lipinski definition) is 1. The zero-order chi connectivity index (χ0) is 23.6. The highest BCUT2D eigenvalue weighted by atomic mass is 32.2. The van der Waals surface area contributed by atoms with E-state index in [0.29, 0.717) is 23.9 Å². The number of anilines is 1. The maximum atomic E-state index is 13.8. The highest BCUT2D eigenvalue weighted by Crippen LogP contribution is 2.32. The van der Waals surface area contributed by atoms with Crippen LogP contribution in [0.4, 0.5) is 14.5 Å². The van der Waals surface area contributed by atoms with Gasteiger partial charge >= 0.3 is 0 Å². The topological polar surface area (TPSA) is 116 Å². The van der Waals surface area contributed by atoms with Gasteiger partial charge in [-0.05, 0) is 43.2 Å². The second kappa shape index (κ2) is 9.30. The van der Waals surface area contributed by atoms with Crippen LogP contribution in [0.2, 0.25) is 0 Å². The molecule has 1 amide bonds. The second-order valence-electron chi connectivity index (χ2n) is 7.34. The number of piperidine rings is 1. The Bertz CT molecular complexity index is 1350. The number of halogens is 2. The first-order valence-corrected chi connectivity index (χ1v) is 12.1. The van der Waals surface area contributed by atoms with Crippen molar-refractivity contribution in [2.24, 2.45) is 0 Å². The lowest BCUT2D eigenvalue weighted by atomic mass is 9.99. The van der Waals surface area contributed by atoms with Crippen molar-refractivity contribution in [2.45, 2.75) is 23.7 Å². The van der Waals surface area contributed by atoms with Crippen LogP contribution in [0.15, 0.2) is 47.4 Å². The Hall–Kier alpha value is -3.27. The highest BCUT2D eigenvalue weighted by Gasteiger charge is 2.32. The largest absolute Gasteiger partial charge is 0.317 e. The minimum Gasteiger partial charge on any atom is -0.317 e. The molecule has 1 aliphatic rings. The molecule has 170 valence electrons. The Morgan fingerprint density at radius 2 is 1.91 bits per heavy atom. The van der Waals surface area contributed by atoms with Gasteiger partial charge in [-0.2, -0.15) is 9.57 Å². The van der Waals surface area contributed by atoms with Crippen molar-refractivity contribution in [2.75, 3.05) is 18.4 Å². The van der Waals surface area contributed by atoms with Gasteiger partial charge in [0.05, 0.1) is 22.2 Å². The Morgan fingerprint density at radius 1 is 1.15 bits per heavy atom. The number of carbonyl (C=O) groups excluding carboxylic acids is 1. The lowest BCUT2D eigenvalue weighted by molar-refractivity contribution is 0.102. The van der Waals surface area contributed by atoms with Crippen molar-refractivity contribution >= 4 is 33.0 Å². The molecule has 0 atom stereocenters. The van der Waals surface area contributed by atoms with E-state index in [1.807, 2.05) is 6.07 Å². The van der Waals surface area contributed by atoms with Crippen LogP contribution in [0, 0.1) is 23.0 Å². The van der Waals surface area contributed by atoms with Crippen molar-refractivity contribution in [3.05, 3.63) is 69.7 Å². The van der Waals surface area contributed by atoms with E-state index in [-0.39, 0.29) is 40.2 Å². The van der Waals surface area contributed by atoms with Gasteiger partial charge in [0.15, 0.2) is 0 Å². The summed E-state index contributed by atoms with van der Waals surface area (Å²) >= 11 is 1.05. The molecule has 1 aliphatic heterocycles. The maximum absolute atomic E-state index is 13.8. The zero-order valence-electron chi connectivity index (χ0n) is 17.0. The number of amides is 1. The fourth-order valence-corrected chi connectivity index (χ4v) is 5.90. The van der Waals surface area contributed by atoms with Crippen LogP contribution < -0.4 is 5.32 Å². The van der Waals surface area contributed by atoms with Crippen LogP contribution in [0.3, 0.4) is 0 Å². The van der Waals surface area contributed by atoms with Crippen LogP contribution in [-0.4, -0.2) is 41.9 Å². The fourth-order valence-electron chi connectivity index (χ4n) is 3.48. The number of hydrogen-bond acceptors (Lipinski definition) is 7. The minimum absolute atomic E-state index is 0.0251. The summed E-state index contributed by atoms with van der Waals surface area (Å²) in [5.41, 5.74) is 0.100. The molecule has 0 aliphatic carbocycles. The van der Waals surface area contributed by atoms with Crippen molar-refractivity contribution in [3.8, 4) is 6.07 Å². The number of rotatable bonds is 5. The van der Waals surface area contributed by atoms with E-state index >= 15 is 0 Å². The van der Waals surface area contributed by atoms with E-state index in [1.54, 1.807) is 6.07 Å². The maximum Gasteiger partial charge on any atom is 0.286 e. The van der Waals surface area contributed by atoms with E-state index in [2.05, 4.69) is 15.5 Å². The van der Waals surface area contributed by atoms with E-state index < -0.39 is 27.6 Å². The van der Waals surface area contributed by atoms with E-state index in [4.69, 9.17) is 5.26 Å². The number of nitrogens with zero attached hydrogens (tertiary/aromatic N) is 4. The molecule has 1 N–H and O–H groups in total. The number of benzene rings is 2. The van der Waals surface area contributed by atoms with Gasteiger partial charge < -0.3 is 5.32 Å². The van der Waals surface area contributed by atoms with Crippen molar-refractivity contribution in [1.82, 2.24) is 14.5 Å². The summed E-state index contributed by atoms with van der Waals surface area (Å²) in [6, 6.07) is 10.6. The molecule has 1 saturated heterocycles. The molecule has 4 rings (SSSR count). The monoisotopic (exact) mass is 489 g/mol. The first-order valence-electron chi connectivity index (χ1n) is 9.88. The van der Waals surface area contributed by atoms with Crippen LogP contribution in [0.25, 0.3) is 0 Å². The molecule has 2 aromatic carbocycles. The zero-order valence-corrected chi connectivity index (χ0v) is 18.7. The van der Waals surface area contributed by atoms with Crippen molar-refractivity contribution in [3.63, 3.8) is 0 Å². The predicted octanol–water partition coefficient (Wildman–Crippen LogP) is 3.51. The van der Waals surface area contributed by atoms with Gasteiger partial charge in [-0.15, -0.1) is 10.2 Å². The van der Waals surface area contributed by atoms with E-state index in [0.717, 1.165) is 23.5 Å². The number of nitriles is 1. The Labute approximate surface area is 192 Å². The molecule has 3 aromatic rings. The SMILES string of the molecule is N#Cc1cccc(S(=O)(=O)N2CCC(c3nnc(C(=O)Nc4ccc(F)cc4F)s3)CC2)c1. The van der Waals surface area contributed by atoms with Crippen LogP contribution >= 0.6 is 11.3 Å².